The lowest BCUT2D eigenvalue weighted by atomic mass is 10.0. The molecule has 1 unspecified atom stereocenters. The molecule has 2 heterocycles. The smallest absolute Gasteiger partial charge is 0.345 e. The number of aryl methyl sites for hydroxylation is 1. The standard InChI is InChI=1S/C25H19NO2S/c1-16-10-12-17(13-11-16)24-15-21(26-20-7-3-5-9-23(20)29-24)19-14-18-6-2-4-8-22(18)28-25(19)27/h2-14,24H,15H2,1H3. The first-order valence-corrected chi connectivity index (χ1v) is 10.5. The molecule has 1 aromatic heterocycles. The highest BCUT2D eigenvalue weighted by Gasteiger charge is 2.24. The summed E-state index contributed by atoms with van der Waals surface area (Å²) >= 11 is 1.80. The molecule has 3 nitrogen and oxygen atoms in total. The quantitative estimate of drug-likeness (QED) is 0.365. The van der Waals surface area contributed by atoms with Crippen LogP contribution < -0.4 is 5.63 Å². The highest BCUT2D eigenvalue weighted by Crippen LogP contribution is 2.45. The lowest BCUT2D eigenvalue weighted by Crippen LogP contribution is -2.16. The summed E-state index contributed by atoms with van der Waals surface area (Å²) in [6, 6.07) is 26.2. The van der Waals surface area contributed by atoms with Crippen molar-refractivity contribution < 1.29 is 4.42 Å². The lowest BCUT2D eigenvalue weighted by molar-refractivity contribution is 0.559. The molecule has 29 heavy (non-hydrogen) atoms. The predicted molar refractivity (Wildman–Crippen MR) is 120 cm³/mol. The van der Waals surface area contributed by atoms with Crippen LogP contribution >= 0.6 is 11.8 Å². The van der Waals surface area contributed by atoms with E-state index in [1.54, 1.807) is 11.8 Å². The second kappa shape index (κ2) is 7.37. The molecule has 0 saturated carbocycles. The van der Waals surface area contributed by atoms with E-state index < -0.39 is 0 Å². The van der Waals surface area contributed by atoms with Gasteiger partial charge in [0.05, 0.1) is 17.0 Å². The predicted octanol–water partition coefficient (Wildman–Crippen LogP) is 6.46. The minimum Gasteiger partial charge on any atom is -0.422 e. The van der Waals surface area contributed by atoms with Crippen molar-refractivity contribution in [3.05, 3.63) is 106 Å². The fraction of sp³-hybridized carbons (Fsp3) is 0.120. The number of rotatable bonds is 2. The Morgan fingerprint density at radius 1 is 0.966 bits per heavy atom. The molecule has 0 N–H and O–H groups in total. The van der Waals surface area contributed by atoms with E-state index in [9.17, 15) is 4.79 Å². The Balaban J connectivity index is 1.66. The zero-order chi connectivity index (χ0) is 19.8. The molecule has 1 atom stereocenters. The zero-order valence-electron chi connectivity index (χ0n) is 16.0. The molecule has 5 rings (SSSR count). The van der Waals surface area contributed by atoms with Gasteiger partial charge in [-0.1, -0.05) is 60.2 Å². The third kappa shape index (κ3) is 3.52. The molecular weight excluding hydrogens is 378 g/mol. The molecule has 142 valence electrons. The monoisotopic (exact) mass is 397 g/mol. The van der Waals surface area contributed by atoms with Gasteiger partial charge in [-0.25, -0.2) is 4.79 Å². The Hall–Kier alpha value is -3.11. The molecule has 1 aliphatic heterocycles. The van der Waals surface area contributed by atoms with Gasteiger partial charge >= 0.3 is 5.63 Å². The maximum absolute atomic E-state index is 12.8. The van der Waals surface area contributed by atoms with E-state index in [1.165, 1.54) is 11.1 Å². The van der Waals surface area contributed by atoms with Crippen LogP contribution in [0.3, 0.4) is 0 Å². The van der Waals surface area contributed by atoms with Crippen LogP contribution in [0.25, 0.3) is 11.0 Å². The molecule has 0 bridgehead atoms. The fourth-order valence-corrected chi connectivity index (χ4v) is 4.84. The summed E-state index contributed by atoms with van der Waals surface area (Å²) in [4.78, 5) is 18.8. The molecule has 0 saturated heterocycles. The summed E-state index contributed by atoms with van der Waals surface area (Å²) in [5.41, 5.74) is 4.93. The first kappa shape index (κ1) is 18.0. The topological polar surface area (TPSA) is 42.6 Å². The number of hydrogen-bond donors (Lipinski definition) is 0. The summed E-state index contributed by atoms with van der Waals surface area (Å²) < 4.78 is 5.59. The Morgan fingerprint density at radius 3 is 2.59 bits per heavy atom. The van der Waals surface area contributed by atoms with Crippen molar-refractivity contribution in [3.8, 4) is 0 Å². The van der Waals surface area contributed by atoms with Crippen molar-refractivity contribution in [1.29, 1.82) is 0 Å². The Bertz CT molecular complexity index is 1290. The van der Waals surface area contributed by atoms with Crippen LogP contribution in [0.1, 0.15) is 28.4 Å². The normalized spacial score (nSPS) is 16.2. The lowest BCUT2D eigenvalue weighted by Gasteiger charge is -2.16. The molecule has 1 aliphatic rings. The number of nitrogens with zero attached hydrogens (tertiary/aromatic N) is 1. The van der Waals surface area contributed by atoms with E-state index in [2.05, 4.69) is 37.3 Å². The van der Waals surface area contributed by atoms with E-state index >= 15 is 0 Å². The average molecular weight is 397 g/mol. The molecule has 4 aromatic rings. The fourth-order valence-electron chi connectivity index (χ4n) is 3.61. The molecule has 4 heteroatoms. The van der Waals surface area contributed by atoms with E-state index in [0.717, 1.165) is 21.7 Å². The van der Waals surface area contributed by atoms with Crippen molar-refractivity contribution >= 4 is 34.1 Å². The van der Waals surface area contributed by atoms with Crippen molar-refractivity contribution in [2.45, 2.75) is 23.5 Å². The third-order valence-corrected chi connectivity index (χ3v) is 6.49. The van der Waals surface area contributed by atoms with Gasteiger partial charge in [0.15, 0.2) is 0 Å². The molecular formula is C25H19NO2S. The van der Waals surface area contributed by atoms with Crippen molar-refractivity contribution in [1.82, 2.24) is 0 Å². The van der Waals surface area contributed by atoms with Crippen molar-refractivity contribution in [2.24, 2.45) is 4.99 Å². The van der Waals surface area contributed by atoms with Gasteiger partial charge in [-0.05, 0) is 36.8 Å². The number of thioether (sulfide) groups is 1. The average Bonchev–Trinajstić information content (AvgIpc) is 2.93. The Morgan fingerprint density at radius 2 is 1.72 bits per heavy atom. The number of benzene rings is 3. The van der Waals surface area contributed by atoms with Crippen LogP contribution in [-0.4, -0.2) is 5.71 Å². The zero-order valence-corrected chi connectivity index (χ0v) is 16.8. The van der Waals surface area contributed by atoms with Gasteiger partial charge in [-0.15, -0.1) is 11.8 Å². The van der Waals surface area contributed by atoms with Crippen LogP contribution in [-0.2, 0) is 0 Å². The van der Waals surface area contributed by atoms with Gasteiger partial charge in [0.1, 0.15) is 5.58 Å². The van der Waals surface area contributed by atoms with E-state index in [0.29, 0.717) is 17.6 Å². The van der Waals surface area contributed by atoms with Gasteiger partial charge in [0.2, 0.25) is 0 Å². The summed E-state index contributed by atoms with van der Waals surface area (Å²) in [5.74, 6) is 0. The minimum atomic E-state index is -0.338. The summed E-state index contributed by atoms with van der Waals surface area (Å²) in [6.07, 6.45) is 0.658. The Labute approximate surface area is 173 Å². The van der Waals surface area contributed by atoms with Crippen LogP contribution in [0.4, 0.5) is 5.69 Å². The highest BCUT2D eigenvalue weighted by molar-refractivity contribution is 7.99. The second-order valence-corrected chi connectivity index (χ2v) is 8.48. The largest absolute Gasteiger partial charge is 0.422 e. The van der Waals surface area contributed by atoms with Gasteiger partial charge in [-0.2, -0.15) is 0 Å². The molecule has 0 amide bonds. The van der Waals surface area contributed by atoms with Gasteiger partial charge in [-0.3, -0.25) is 4.99 Å². The first-order valence-electron chi connectivity index (χ1n) is 9.60. The third-order valence-electron chi connectivity index (χ3n) is 5.17. The summed E-state index contributed by atoms with van der Waals surface area (Å²) in [5, 5.41) is 1.07. The van der Waals surface area contributed by atoms with Crippen molar-refractivity contribution in [3.63, 3.8) is 0 Å². The van der Waals surface area contributed by atoms with E-state index in [-0.39, 0.29) is 10.9 Å². The molecule has 3 aromatic carbocycles. The maximum Gasteiger partial charge on any atom is 0.345 e. The maximum atomic E-state index is 12.8. The number of fused-ring (bicyclic) bond motifs is 2. The Kier molecular flexibility index (Phi) is 4.57. The van der Waals surface area contributed by atoms with Crippen LogP contribution in [0, 0.1) is 6.92 Å². The van der Waals surface area contributed by atoms with Crippen LogP contribution in [0.15, 0.2) is 98.0 Å². The van der Waals surface area contributed by atoms with E-state index in [4.69, 9.17) is 9.41 Å². The second-order valence-electron chi connectivity index (χ2n) is 7.23. The van der Waals surface area contributed by atoms with Crippen molar-refractivity contribution in [2.75, 3.05) is 0 Å². The summed E-state index contributed by atoms with van der Waals surface area (Å²) in [7, 11) is 0. The van der Waals surface area contributed by atoms with Crippen LogP contribution in [0.2, 0.25) is 0 Å². The van der Waals surface area contributed by atoms with Gasteiger partial charge < -0.3 is 4.42 Å². The van der Waals surface area contributed by atoms with Gasteiger partial charge in [0.25, 0.3) is 0 Å². The SMILES string of the molecule is Cc1ccc(C2CC(c3cc4ccccc4oc3=O)=Nc3ccccc3S2)cc1. The van der Waals surface area contributed by atoms with Gasteiger partial charge in [0, 0.05) is 22.0 Å². The number of hydrogen-bond acceptors (Lipinski definition) is 4. The molecule has 0 fully saturated rings. The van der Waals surface area contributed by atoms with Crippen LogP contribution in [0.5, 0.6) is 0 Å². The molecule has 0 spiro atoms. The highest BCUT2D eigenvalue weighted by atomic mass is 32.2. The molecule has 0 aliphatic carbocycles. The minimum absolute atomic E-state index is 0.170. The first-order chi connectivity index (χ1) is 14.2. The molecule has 0 radical (unpaired) electrons. The summed E-state index contributed by atoms with van der Waals surface area (Å²) in [6.45, 7) is 2.09. The number of aliphatic imine (C=N–C) groups is 1. The number of para-hydroxylation sites is 2. The van der Waals surface area contributed by atoms with E-state index in [1.807, 2.05) is 48.5 Å².